The highest BCUT2D eigenvalue weighted by Crippen LogP contribution is 2.30. The number of azo groups is 1. The van der Waals surface area contributed by atoms with Crippen LogP contribution in [0, 0.1) is 0 Å². The fraction of sp³-hybridized carbons (Fsp3) is 0.125. The molecule has 0 bridgehead atoms. The van der Waals surface area contributed by atoms with E-state index in [1.165, 1.54) is 0 Å². The van der Waals surface area contributed by atoms with Crippen LogP contribution in [0.25, 0.3) is 11.3 Å². The topological polar surface area (TPSA) is 42.5 Å². The fourth-order valence-electron chi connectivity index (χ4n) is 1.46. The summed E-state index contributed by atoms with van der Waals surface area (Å²) in [6, 6.07) is 3.97. The van der Waals surface area contributed by atoms with E-state index in [-0.39, 0.29) is 0 Å². The Morgan fingerprint density at radius 3 is 3.25 bits per heavy atom. The van der Waals surface area contributed by atoms with Crippen molar-refractivity contribution in [3.05, 3.63) is 24.5 Å². The second-order valence-electron chi connectivity index (χ2n) is 2.75. The first-order valence-corrected chi connectivity index (χ1v) is 3.76. The SMILES string of the molecule is c1cc2n(c3cncc1-3)CN=N2. The van der Waals surface area contributed by atoms with Crippen molar-refractivity contribution in [3.8, 4) is 11.3 Å². The lowest BCUT2D eigenvalue weighted by Crippen LogP contribution is -1.96. The van der Waals surface area contributed by atoms with Gasteiger partial charge < -0.3 is 4.57 Å². The zero-order valence-corrected chi connectivity index (χ0v) is 6.31. The highest BCUT2D eigenvalue weighted by Gasteiger charge is 2.13. The van der Waals surface area contributed by atoms with Gasteiger partial charge in [-0.25, -0.2) is 0 Å². The Balaban J connectivity index is 2.41. The van der Waals surface area contributed by atoms with Crippen molar-refractivity contribution >= 4 is 5.82 Å². The van der Waals surface area contributed by atoms with Crippen molar-refractivity contribution in [1.29, 1.82) is 0 Å². The molecule has 0 spiro atoms. The molecule has 3 heterocycles. The van der Waals surface area contributed by atoms with Crippen LogP contribution in [0.1, 0.15) is 0 Å². The largest absolute Gasteiger partial charge is 0.301 e. The van der Waals surface area contributed by atoms with Crippen LogP contribution in [0.3, 0.4) is 0 Å². The molecule has 58 valence electrons. The van der Waals surface area contributed by atoms with Crippen molar-refractivity contribution in [3.63, 3.8) is 0 Å². The molecule has 3 aliphatic rings. The average Bonchev–Trinajstić information content (AvgIpc) is 2.71. The zero-order chi connectivity index (χ0) is 7.97. The molecule has 4 nitrogen and oxygen atoms in total. The summed E-state index contributed by atoms with van der Waals surface area (Å²) < 4.78 is 2.04. The predicted octanol–water partition coefficient (Wildman–Crippen LogP) is 2.04. The Kier molecular flexibility index (Phi) is 0.935. The first kappa shape index (κ1) is 5.88. The molecule has 0 unspecified atom stereocenters. The van der Waals surface area contributed by atoms with Gasteiger partial charge in [-0.2, -0.15) is 5.11 Å². The van der Waals surface area contributed by atoms with E-state index in [0.717, 1.165) is 17.1 Å². The highest BCUT2D eigenvalue weighted by molar-refractivity contribution is 5.63. The molecular formula is C8H6N4. The lowest BCUT2D eigenvalue weighted by Gasteiger charge is -2.06. The van der Waals surface area contributed by atoms with Gasteiger partial charge in [0, 0.05) is 11.8 Å². The smallest absolute Gasteiger partial charge is 0.156 e. The van der Waals surface area contributed by atoms with E-state index < -0.39 is 0 Å². The Morgan fingerprint density at radius 2 is 2.25 bits per heavy atom. The normalized spacial score (nSPS) is 14.0. The minimum atomic E-state index is 0.623. The molecule has 0 N–H and O–H groups in total. The maximum absolute atomic E-state index is 4.07. The Hall–Kier alpha value is -1.71. The summed E-state index contributed by atoms with van der Waals surface area (Å²) in [5, 5.41) is 7.93. The molecule has 0 amide bonds. The number of rotatable bonds is 0. The van der Waals surface area contributed by atoms with Crippen LogP contribution in [0.2, 0.25) is 0 Å². The van der Waals surface area contributed by atoms with Gasteiger partial charge in [0.25, 0.3) is 0 Å². The fourth-order valence-corrected chi connectivity index (χ4v) is 1.46. The summed E-state index contributed by atoms with van der Waals surface area (Å²) in [6.07, 6.45) is 3.69. The predicted molar refractivity (Wildman–Crippen MR) is 43.4 cm³/mol. The molecule has 0 aliphatic carbocycles. The molecule has 0 aromatic carbocycles. The minimum absolute atomic E-state index is 0.623. The van der Waals surface area contributed by atoms with E-state index >= 15 is 0 Å². The standard InChI is InChI=1S/C8H6N4/c1-2-8-11-10-5-12(8)7-4-9-3-6(1)7/h1-4H,5H2. The van der Waals surface area contributed by atoms with Crippen molar-refractivity contribution < 1.29 is 0 Å². The number of hydrogen-bond acceptors (Lipinski definition) is 3. The molecule has 0 radical (unpaired) electrons. The molecular weight excluding hydrogens is 152 g/mol. The quantitative estimate of drug-likeness (QED) is 0.578. The second-order valence-corrected chi connectivity index (χ2v) is 2.75. The maximum atomic E-state index is 4.07. The van der Waals surface area contributed by atoms with E-state index in [0.29, 0.717) is 6.67 Å². The van der Waals surface area contributed by atoms with Gasteiger partial charge in [-0.05, 0) is 12.1 Å². The summed E-state index contributed by atoms with van der Waals surface area (Å²) in [4.78, 5) is 4.07. The van der Waals surface area contributed by atoms with Crippen LogP contribution in [0.4, 0.5) is 5.82 Å². The van der Waals surface area contributed by atoms with E-state index in [9.17, 15) is 0 Å². The lowest BCUT2D eigenvalue weighted by molar-refractivity contribution is 0.780. The van der Waals surface area contributed by atoms with Gasteiger partial charge in [0.05, 0.1) is 11.9 Å². The van der Waals surface area contributed by atoms with Gasteiger partial charge in [0.1, 0.15) is 6.67 Å². The molecule has 0 saturated carbocycles. The van der Waals surface area contributed by atoms with E-state index in [1.807, 2.05) is 29.1 Å². The summed E-state index contributed by atoms with van der Waals surface area (Å²) in [6.45, 7) is 0.623. The lowest BCUT2D eigenvalue weighted by atomic mass is 10.2. The zero-order valence-electron chi connectivity index (χ0n) is 6.31. The Bertz CT molecular complexity index is 429. The third-order valence-corrected chi connectivity index (χ3v) is 2.06. The van der Waals surface area contributed by atoms with Crippen LogP contribution in [-0.2, 0) is 6.67 Å². The van der Waals surface area contributed by atoms with Gasteiger partial charge >= 0.3 is 0 Å². The van der Waals surface area contributed by atoms with Crippen molar-refractivity contribution in [1.82, 2.24) is 9.55 Å². The third kappa shape index (κ3) is 0.592. The van der Waals surface area contributed by atoms with Gasteiger partial charge in [0.15, 0.2) is 5.82 Å². The molecule has 0 aromatic rings. The van der Waals surface area contributed by atoms with Crippen LogP contribution < -0.4 is 0 Å². The van der Waals surface area contributed by atoms with Gasteiger partial charge in [-0.1, -0.05) is 0 Å². The van der Waals surface area contributed by atoms with Crippen LogP contribution in [0.5, 0.6) is 0 Å². The summed E-state index contributed by atoms with van der Waals surface area (Å²) >= 11 is 0. The highest BCUT2D eigenvalue weighted by atomic mass is 15.3. The third-order valence-electron chi connectivity index (χ3n) is 2.06. The molecule has 0 fully saturated rings. The van der Waals surface area contributed by atoms with Crippen LogP contribution in [0.15, 0.2) is 34.8 Å². The monoisotopic (exact) mass is 158 g/mol. The second kappa shape index (κ2) is 1.91. The van der Waals surface area contributed by atoms with Crippen LogP contribution >= 0.6 is 0 Å². The number of nitrogens with zero attached hydrogens (tertiary/aromatic N) is 4. The first-order chi connectivity index (χ1) is 5.95. The molecule has 0 aromatic heterocycles. The van der Waals surface area contributed by atoms with E-state index in [2.05, 4.69) is 15.2 Å². The summed E-state index contributed by atoms with van der Waals surface area (Å²) in [5.41, 5.74) is 2.25. The maximum Gasteiger partial charge on any atom is 0.156 e. The van der Waals surface area contributed by atoms with Crippen molar-refractivity contribution in [2.24, 2.45) is 10.2 Å². The number of pyridine rings is 1. The molecule has 4 heteroatoms. The molecule has 0 saturated heterocycles. The van der Waals surface area contributed by atoms with E-state index in [1.54, 1.807) is 0 Å². The van der Waals surface area contributed by atoms with Crippen molar-refractivity contribution in [2.75, 3.05) is 0 Å². The average molecular weight is 158 g/mol. The van der Waals surface area contributed by atoms with Gasteiger partial charge in [-0.15, -0.1) is 5.11 Å². The van der Waals surface area contributed by atoms with Gasteiger partial charge in [-0.3, -0.25) is 4.98 Å². The molecule has 3 aliphatic heterocycles. The molecule has 3 rings (SSSR count). The Labute approximate surface area is 68.9 Å². The number of aromatic nitrogens is 2. The number of fused-ring (bicyclic) bond motifs is 3. The molecule has 0 atom stereocenters. The number of hydrogen-bond donors (Lipinski definition) is 0. The summed E-state index contributed by atoms with van der Waals surface area (Å²) in [7, 11) is 0. The van der Waals surface area contributed by atoms with E-state index in [4.69, 9.17) is 0 Å². The van der Waals surface area contributed by atoms with Gasteiger partial charge in [0.2, 0.25) is 0 Å². The molecule has 12 heavy (non-hydrogen) atoms. The summed E-state index contributed by atoms with van der Waals surface area (Å²) in [5.74, 6) is 0.913. The van der Waals surface area contributed by atoms with Crippen LogP contribution in [-0.4, -0.2) is 9.55 Å². The minimum Gasteiger partial charge on any atom is -0.301 e. The Morgan fingerprint density at radius 1 is 1.25 bits per heavy atom. The van der Waals surface area contributed by atoms with Crippen molar-refractivity contribution in [2.45, 2.75) is 6.67 Å². The first-order valence-electron chi connectivity index (χ1n) is 3.76.